The van der Waals surface area contributed by atoms with Gasteiger partial charge in [-0.25, -0.2) is 0 Å². The summed E-state index contributed by atoms with van der Waals surface area (Å²) in [6.07, 6.45) is 1.84. The first-order chi connectivity index (χ1) is 10.1. The number of rotatable bonds is 6. The minimum atomic E-state index is 0.187. The maximum Gasteiger partial charge on any atom is 0.125 e. The van der Waals surface area contributed by atoms with Crippen LogP contribution in [0.15, 0.2) is 42.5 Å². The van der Waals surface area contributed by atoms with Gasteiger partial charge in [0.1, 0.15) is 12.4 Å². The Hall–Kier alpha value is -1.07. The molecule has 0 aliphatic carbocycles. The van der Waals surface area contributed by atoms with E-state index >= 15 is 0 Å². The Kier molecular flexibility index (Phi) is 6.06. The van der Waals surface area contributed by atoms with E-state index in [4.69, 9.17) is 10.5 Å². The van der Waals surface area contributed by atoms with Gasteiger partial charge in [0.25, 0.3) is 0 Å². The molecule has 0 fully saturated rings. The molecule has 112 valence electrons. The monoisotopic (exact) mass is 395 g/mol. The highest BCUT2D eigenvalue weighted by atomic mass is 127. The third-order valence-electron chi connectivity index (χ3n) is 3.60. The van der Waals surface area contributed by atoms with E-state index in [0.717, 1.165) is 18.6 Å². The summed E-state index contributed by atoms with van der Waals surface area (Å²) in [5.74, 6) is 0.986. The molecule has 2 aromatic rings. The summed E-state index contributed by atoms with van der Waals surface area (Å²) in [4.78, 5) is 0. The molecule has 3 heteroatoms. The van der Waals surface area contributed by atoms with E-state index in [9.17, 15) is 0 Å². The normalized spacial score (nSPS) is 12.2. The Morgan fingerprint density at radius 1 is 1.14 bits per heavy atom. The van der Waals surface area contributed by atoms with Gasteiger partial charge in [0.2, 0.25) is 0 Å². The summed E-state index contributed by atoms with van der Waals surface area (Å²) < 4.78 is 7.32. The van der Waals surface area contributed by atoms with Crippen LogP contribution in [0.25, 0.3) is 0 Å². The van der Waals surface area contributed by atoms with Crippen molar-refractivity contribution in [2.75, 3.05) is 0 Å². The number of hydrogen-bond donors (Lipinski definition) is 1. The topological polar surface area (TPSA) is 35.2 Å². The van der Waals surface area contributed by atoms with Crippen LogP contribution in [0.4, 0.5) is 0 Å². The molecule has 2 nitrogen and oxygen atoms in total. The smallest absolute Gasteiger partial charge is 0.125 e. The van der Waals surface area contributed by atoms with E-state index in [-0.39, 0.29) is 6.04 Å². The van der Waals surface area contributed by atoms with Crippen LogP contribution in [-0.2, 0) is 13.0 Å². The highest BCUT2D eigenvalue weighted by Crippen LogP contribution is 2.26. The SMILES string of the molecule is CCC(N)Cc1cccc(C)c1OCc1ccc(I)cc1. The number of benzene rings is 2. The summed E-state index contributed by atoms with van der Waals surface area (Å²) >= 11 is 2.31. The van der Waals surface area contributed by atoms with Crippen LogP contribution in [0, 0.1) is 10.5 Å². The number of hydrogen-bond acceptors (Lipinski definition) is 2. The van der Waals surface area contributed by atoms with E-state index < -0.39 is 0 Å². The van der Waals surface area contributed by atoms with Gasteiger partial charge < -0.3 is 10.5 Å². The van der Waals surface area contributed by atoms with Gasteiger partial charge in [0.15, 0.2) is 0 Å². The van der Waals surface area contributed by atoms with Gasteiger partial charge in [-0.1, -0.05) is 37.3 Å². The lowest BCUT2D eigenvalue weighted by Crippen LogP contribution is -2.21. The van der Waals surface area contributed by atoms with E-state index in [1.165, 1.54) is 20.3 Å². The van der Waals surface area contributed by atoms with Gasteiger partial charge in [0, 0.05) is 9.61 Å². The predicted molar refractivity (Wildman–Crippen MR) is 96.6 cm³/mol. The van der Waals surface area contributed by atoms with Crippen molar-refractivity contribution in [3.8, 4) is 5.75 Å². The Bertz CT molecular complexity index is 580. The maximum absolute atomic E-state index is 6.09. The third kappa shape index (κ3) is 4.71. The average Bonchev–Trinajstić information content (AvgIpc) is 2.48. The standard InChI is InChI=1S/C18H22INO/c1-3-17(20)11-15-6-4-5-13(2)18(15)21-12-14-7-9-16(19)10-8-14/h4-10,17H,3,11-12,20H2,1-2H3. The first-order valence-electron chi connectivity index (χ1n) is 7.31. The van der Waals surface area contributed by atoms with Gasteiger partial charge in [-0.2, -0.15) is 0 Å². The molecule has 0 aromatic heterocycles. The molecule has 0 spiro atoms. The van der Waals surface area contributed by atoms with Crippen molar-refractivity contribution in [2.24, 2.45) is 5.73 Å². The molecular weight excluding hydrogens is 373 g/mol. The molecule has 1 unspecified atom stereocenters. The molecule has 0 aliphatic rings. The average molecular weight is 395 g/mol. The van der Waals surface area contributed by atoms with Gasteiger partial charge in [0.05, 0.1) is 0 Å². The van der Waals surface area contributed by atoms with E-state index in [0.29, 0.717) is 6.61 Å². The molecule has 2 N–H and O–H groups in total. The van der Waals surface area contributed by atoms with Crippen molar-refractivity contribution in [1.82, 2.24) is 0 Å². The molecule has 2 aromatic carbocycles. The number of nitrogens with two attached hydrogens (primary N) is 1. The zero-order valence-electron chi connectivity index (χ0n) is 12.6. The minimum Gasteiger partial charge on any atom is -0.488 e. The van der Waals surface area contributed by atoms with Crippen molar-refractivity contribution in [2.45, 2.75) is 39.3 Å². The second kappa shape index (κ2) is 7.80. The summed E-state index contributed by atoms with van der Waals surface area (Å²) in [6.45, 7) is 4.80. The first kappa shape index (κ1) is 16.3. The predicted octanol–water partition coefficient (Wildman–Crippen LogP) is 4.46. The fourth-order valence-corrected chi connectivity index (χ4v) is 2.60. The lowest BCUT2D eigenvalue weighted by Gasteiger charge is -2.16. The van der Waals surface area contributed by atoms with E-state index in [1.54, 1.807) is 0 Å². The summed E-state index contributed by atoms with van der Waals surface area (Å²) in [5.41, 5.74) is 9.65. The van der Waals surface area contributed by atoms with Crippen LogP contribution in [0.1, 0.15) is 30.0 Å². The molecule has 0 amide bonds. The molecule has 0 saturated heterocycles. The minimum absolute atomic E-state index is 0.187. The Morgan fingerprint density at radius 2 is 1.86 bits per heavy atom. The van der Waals surface area contributed by atoms with Crippen LogP contribution in [0.5, 0.6) is 5.75 Å². The lowest BCUT2D eigenvalue weighted by molar-refractivity contribution is 0.300. The molecule has 1 atom stereocenters. The van der Waals surface area contributed by atoms with Crippen LogP contribution in [0.3, 0.4) is 0 Å². The van der Waals surface area contributed by atoms with Crippen molar-refractivity contribution in [3.05, 3.63) is 62.7 Å². The molecule has 0 saturated carbocycles. The highest BCUT2D eigenvalue weighted by Gasteiger charge is 2.10. The number of para-hydroxylation sites is 1. The Balaban J connectivity index is 2.12. The molecule has 0 aliphatic heterocycles. The summed E-state index contributed by atoms with van der Waals surface area (Å²) in [7, 11) is 0. The fraction of sp³-hybridized carbons (Fsp3) is 0.333. The fourth-order valence-electron chi connectivity index (χ4n) is 2.24. The highest BCUT2D eigenvalue weighted by molar-refractivity contribution is 14.1. The molecule has 0 radical (unpaired) electrons. The van der Waals surface area contributed by atoms with Gasteiger partial charge in [-0.15, -0.1) is 0 Å². The molecule has 21 heavy (non-hydrogen) atoms. The van der Waals surface area contributed by atoms with Crippen LogP contribution < -0.4 is 10.5 Å². The Morgan fingerprint density at radius 3 is 2.52 bits per heavy atom. The van der Waals surface area contributed by atoms with Crippen molar-refractivity contribution in [3.63, 3.8) is 0 Å². The second-order valence-corrected chi connectivity index (χ2v) is 6.60. The van der Waals surface area contributed by atoms with Crippen LogP contribution in [0.2, 0.25) is 0 Å². The van der Waals surface area contributed by atoms with E-state index in [2.05, 4.69) is 78.9 Å². The zero-order chi connectivity index (χ0) is 15.2. The first-order valence-corrected chi connectivity index (χ1v) is 8.39. The van der Waals surface area contributed by atoms with Crippen LogP contribution in [-0.4, -0.2) is 6.04 Å². The van der Waals surface area contributed by atoms with Crippen molar-refractivity contribution < 1.29 is 4.74 Å². The molecule has 2 rings (SSSR count). The number of aryl methyl sites for hydroxylation is 1. The largest absolute Gasteiger partial charge is 0.488 e. The molecule has 0 heterocycles. The van der Waals surface area contributed by atoms with E-state index in [1.807, 2.05) is 0 Å². The van der Waals surface area contributed by atoms with Crippen molar-refractivity contribution in [1.29, 1.82) is 0 Å². The summed E-state index contributed by atoms with van der Waals surface area (Å²) in [5, 5.41) is 0. The van der Waals surface area contributed by atoms with Gasteiger partial charge in [-0.05, 0) is 71.2 Å². The number of halogens is 1. The number of ether oxygens (including phenoxy) is 1. The van der Waals surface area contributed by atoms with Gasteiger partial charge >= 0.3 is 0 Å². The molecular formula is C18H22INO. The molecule has 0 bridgehead atoms. The Labute approximate surface area is 140 Å². The quantitative estimate of drug-likeness (QED) is 0.734. The summed E-state index contributed by atoms with van der Waals surface area (Å²) in [6, 6.07) is 14.9. The van der Waals surface area contributed by atoms with Crippen LogP contribution >= 0.6 is 22.6 Å². The lowest BCUT2D eigenvalue weighted by atomic mass is 10.0. The van der Waals surface area contributed by atoms with Crippen molar-refractivity contribution >= 4 is 22.6 Å². The van der Waals surface area contributed by atoms with Gasteiger partial charge in [-0.3, -0.25) is 0 Å². The zero-order valence-corrected chi connectivity index (χ0v) is 14.8. The maximum atomic E-state index is 6.09. The second-order valence-electron chi connectivity index (χ2n) is 5.35. The third-order valence-corrected chi connectivity index (χ3v) is 4.32.